The molecule has 1 aliphatic carbocycles. The van der Waals surface area contributed by atoms with Crippen molar-refractivity contribution < 1.29 is 17.5 Å². The van der Waals surface area contributed by atoms with Crippen molar-refractivity contribution in [1.29, 1.82) is 0 Å². The fourth-order valence-electron chi connectivity index (χ4n) is 1.73. The minimum atomic E-state index is -3.99. The number of rotatable bonds is 1. The normalized spacial score (nSPS) is 22.6. The number of ether oxygens (including phenoxy) is 1. The van der Waals surface area contributed by atoms with E-state index in [4.69, 9.17) is 4.74 Å². The highest BCUT2D eigenvalue weighted by molar-refractivity contribution is 7.95. The van der Waals surface area contributed by atoms with Crippen LogP contribution in [-0.2, 0) is 9.84 Å². The van der Waals surface area contributed by atoms with Crippen LogP contribution in [-0.4, -0.2) is 8.42 Å². The molecule has 3 rings (SSSR count). The Labute approximate surface area is 92.5 Å². The molecule has 0 radical (unpaired) electrons. The summed E-state index contributed by atoms with van der Waals surface area (Å²) in [6.07, 6.45) is 1.58. The zero-order chi connectivity index (χ0) is 11.3. The second-order valence-electron chi connectivity index (χ2n) is 3.96. The second kappa shape index (κ2) is 3.07. The van der Waals surface area contributed by atoms with E-state index in [1.807, 2.05) is 0 Å². The first-order valence-corrected chi connectivity index (χ1v) is 6.50. The molecule has 5 heteroatoms. The molecular weight excluding hydrogens is 231 g/mol. The zero-order valence-corrected chi connectivity index (χ0v) is 9.13. The van der Waals surface area contributed by atoms with Crippen LogP contribution in [0.15, 0.2) is 40.1 Å². The van der Waals surface area contributed by atoms with Gasteiger partial charge in [0, 0.05) is 5.92 Å². The van der Waals surface area contributed by atoms with Gasteiger partial charge in [-0.25, -0.2) is 8.42 Å². The highest BCUT2D eigenvalue weighted by Crippen LogP contribution is 2.46. The van der Waals surface area contributed by atoms with E-state index in [1.54, 1.807) is 18.2 Å². The molecule has 1 aliphatic heterocycles. The lowest BCUT2D eigenvalue weighted by molar-refractivity contribution is 0.357. The fraction of sp³-hybridized carbons (Fsp3) is 0.273. The molecule has 0 bridgehead atoms. The van der Waals surface area contributed by atoms with E-state index < -0.39 is 15.0 Å². The molecule has 0 aromatic heterocycles. The Morgan fingerprint density at radius 1 is 1.25 bits per heavy atom. The van der Waals surface area contributed by atoms with E-state index in [1.165, 1.54) is 6.07 Å². The zero-order valence-electron chi connectivity index (χ0n) is 8.31. The lowest BCUT2D eigenvalue weighted by atomic mass is 10.3. The standard InChI is InChI=1S/C11H9FO3S/c12-11-10(7-5-6-7)15-8-3-1-2-4-9(8)16(11,13)14/h1-4,7H,5-6H2. The lowest BCUT2D eigenvalue weighted by Gasteiger charge is -2.19. The number of fused-ring (bicyclic) bond motifs is 1. The molecule has 1 heterocycles. The highest BCUT2D eigenvalue weighted by atomic mass is 32.2. The summed E-state index contributed by atoms with van der Waals surface area (Å²) < 4.78 is 42.8. The molecule has 2 aliphatic rings. The Morgan fingerprint density at radius 2 is 1.94 bits per heavy atom. The first-order chi connectivity index (χ1) is 7.60. The molecule has 1 aromatic rings. The molecule has 0 spiro atoms. The van der Waals surface area contributed by atoms with Gasteiger partial charge in [0.25, 0.3) is 5.16 Å². The molecule has 0 unspecified atom stereocenters. The Balaban J connectivity index is 2.23. The predicted molar refractivity (Wildman–Crippen MR) is 55.1 cm³/mol. The van der Waals surface area contributed by atoms with Crippen LogP contribution in [0.4, 0.5) is 4.39 Å². The maximum absolute atomic E-state index is 13.8. The summed E-state index contributed by atoms with van der Waals surface area (Å²) >= 11 is 0. The van der Waals surface area contributed by atoms with Crippen LogP contribution in [0.3, 0.4) is 0 Å². The number of para-hydroxylation sites is 1. The third-order valence-electron chi connectivity index (χ3n) is 2.74. The van der Waals surface area contributed by atoms with Crippen molar-refractivity contribution in [3.8, 4) is 5.75 Å². The van der Waals surface area contributed by atoms with Gasteiger partial charge in [0.15, 0.2) is 5.76 Å². The summed E-state index contributed by atoms with van der Waals surface area (Å²) in [5.41, 5.74) is 0. The van der Waals surface area contributed by atoms with Crippen molar-refractivity contribution in [3.63, 3.8) is 0 Å². The van der Waals surface area contributed by atoms with Gasteiger partial charge in [-0.05, 0) is 25.0 Å². The molecule has 1 aromatic carbocycles. The van der Waals surface area contributed by atoms with Crippen LogP contribution in [0.1, 0.15) is 12.8 Å². The number of hydrogen-bond donors (Lipinski definition) is 0. The quantitative estimate of drug-likeness (QED) is 0.757. The Morgan fingerprint density at radius 3 is 2.62 bits per heavy atom. The third kappa shape index (κ3) is 1.28. The smallest absolute Gasteiger partial charge is 0.257 e. The monoisotopic (exact) mass is 240 g/mol. The average molecular weight is 240 g/mol. The molecular formula is C11H9FO3S. The number of halogens is 1. The SMILES string of the molecule is O=S1(=O)C(F)=C(C2CC2)Oc2ccccc21. The van der Waals surface area contributed by atoms with Gasteiger partial charge < -0.3 is 4.74 Å². The topological polar surface area (TPSA) is 43.4 Å². The van der Waals surface area contributed by atoms with E-state index >= 15 is 0 Å². The maximum atomic E-state index is 13.8. The van der Waals surface area contributed by atoms with Crippen molar-refractivity contribution in [2.24, 2.45) is 5.92 Å². The van der Waals surface area contributed by atoms with Gasteiger partial charge >= 0.3 is 0 Å². The fourth-order valence-corrected chi connectivity index (χ4v) is 3.03. The van der Waals surface area contributed by atoms with Gasteiger partial charge in [-0.15, -0.1) is 0 Å². The lowest BCUT2D eigenvalue weighted by Crippen LogP contribution is -2.16. The molecule has 0 N–H and O–H groups in total. The van der Waals surface area contributed by atoms with Crippen LogP contribution >= 0.6 is 0 Å². The van der Waals surface area contributed by atoms with Crippen LogP contribution in [0.2, 0.25) is 0 Å². The molecule has 0 amide bonds. The van der Waals surface area contributed by atoms with Gasteiger partial charge in [0.1, 0.15) is 10.6 Å². The molecule has 16 heavy (non-hydrogen) atoms. The summed E-state index contributed by atoms with van der Waals surface area (Å²) in [4.78, 5) is -0.0862. The van der Waals surface area contributed by atoms with Gasteiger partial charge in [-0.1, -0.05) is 12.1 Å². The number of hydrogen-bond acceptors (Lipinski definition) is 3. The summed E-state index contributed by atoms with van der Waals surface area (Å²) in [6, 6.07) is 6.12. The van der Waals surface area contributed by atoms with Crippen molar-refractivity contribution in [1.82, 2.24) is 0 Å². The molecule has 1 fully saturated rings. The minimum Gasteiger partial charge on any atom is -0.456 e. The van der Waals surface area contributed by atoms with Crippen LogP contribution in [0.25, 0.3) is 0 Å². The molecule has 0 atom stereocenters. The van der Waals surface area contributed by atoms with E-state index in [0.717, 1.165) is 12.8 Å². The van der Waals surface area contributed by atoms with Crippen LogP contribution in [0, 0.1) is 5.92 Å². The molecule has 84 valence electrons. The van der Waals surface area contributed by atoms with E-state index in [-0.39, 0.29) is 22.3 Å². The van der Waals surface area contributed by atoms with Gasteiger partial charge in [-0.2, -0.15) is 4.39 Å². The minimum absolute atomic E-state index is 0.0151. The molecule has 3 nitrogen and oxygen atoms in total. The number of benzene rings is 1. The summed E-state index contributed by atoms with van der Waals surface area (Å²) in [5, 5.41) is -1.12. The Kier molecular flexibility index (Phi) is 1.89. The first kappa shape index (κ1) is 9.84. The number of sulfone groups is 1. The summed E-state index contributed by atoms with van der Waals surface area (Å²) in [5.74, 6) is 0.146. The summed E-state index contributed by atoms with van der Waals surface area (Å²) in [7, 11) is -3.99. The maximum Gasteiger partial charge on any atom is 0.257 e. The first-order valence-electron chi connectivity index (χ1n) is 5.02. The summed E-state index contributed by atoms with van der Waals surface area (Å²) in [6.45, 7) is 0. The van der Waals surface area contributed by atoms with E-state index in [9.17, 15) is 12.8 Å². The van der Waals surface area contributed by atoms with Gasteiger partial charge in [-0.3, -0.25) is 0 Å². The van der Waals surface area contributed by atoms with Crippen LogP contribution in [0.5, 0.6) is 5.75 Å². The van der Waals surface area contributed by atoms with E-state index in [2.05, 4.69) is 0 Å². The van der Waals surface area contributed by atoms with Crippen molar-refractivity contribution >= 4 is 9.84 Å². The van der Waals surface area contributed by atoms with Gasteiger partial charge in [0.05, 0.1) is 0 Å². The largest absolute Gasteiger partial charge is 0.456 e. The Bertz CT molecular complexity index is 585. The van der Waals surface area contributed by atoms with Crippen molar-refractivity contribution in [2.75, 3.05) is 0 Å². The van der Waals surface area contributed by atoms with Gasteiger partial charge in [0.2, 0.25) is 9.84 Å². The average Bonchev–Trinajstić information content (AvgIpc) is 3.08. The predicted octanol–water partition coefficient (Wildman–Crippen LogP) is 2.40. The van der Waals surface area contributed by atoms with E-state index in [0.29, 0.717) is 0 Å². The second-order valence-corrected chi connectivity index (χ2v) is 5.77. The van der Waals surface area contributed by atoms with Crippen molar-refractivity contribution in [2.45, 2.75) is 17.7 Å². The third-order valence-corrected chi connectivity index (χ3v) is 4.33. The molecule has 0 saturated heterocycles. The van der Waals surface area contributed by atoms with Crippen molar-refractivity contribution in [3.05, 3.63) is 35.2 Å². The highest BCUT2D eigenvalue weighted by Gasteiger charge is 2.41. The number of allylic oxidation sites excluding steroid dienone is 1. The van der Waals surface area contributed by atoms with Crippen LogP contribution < -0.4 is 4.74 Å². The Hall–Kier alpha value is -1.36. The molecule has 1 saturated carbocycles.